The van der Waals surface area contributed by atoms with Gasteiger partial charge in [0.15, 0.2) is 17.3 Å². The lowest BCUT2D eigenvalue weighted by Gasteiger charge is -2.36. The largest absolute Gasteiger partial charge is 0.461 e. The Balaban J connectivity index is 1.28. The van der Waals surface area contributed by atoms with Crippen LogP contribution in [0.4, 0.5) is 26.3 Å². The van der Waals surface area contributed by atoms with Crippen molar-refractivity contribution < 1.29 is 50.1 Å². The van der Waals surface area contributed by atoms with Crippen LogP contribution < -0.4 is 5.73 Å². The molecule has 4 heterocycles. The minimum absolute atomic E-state index is 0.00139. The highest BCUT2D eigenvalue weighted by atomic mass is 19.4. The number of hydrogen-bond acceptors (Lipinski definition) is 9. The van der Waals surface area contributed by atoms with E-state index in [1.165, 1.54) is 4.90 Å². The molecule has 1 unspecified atom stereocenters. The monoisotopic (exact) mass is 746 g/mol. The Morgan fingerprint density at radius 1 is 0.885 bits per heavy atom. The van der Waals surface area contributed by atoms with E-state index in [0.29, 0.717) is 57.8 Å². The summed E-state index contributed by atoms with van der Waals surface area (Å²) in [6.45, 7) is 7.00. The Kier molecular flexibility index (Phi) is 14.3. The molecule has 2 aromatic rings. The number of fused-ring (bicyclic) bond motifs is 1. The van der Waals surface area contributed by atoms with Gasteiger partial charge in [-0.3, -0.25) is 14.6 Å². The number of benzene rings is 1. The zero-order chi connectivity index (χ0) is 37.3. The first kappa shape index (κ1) is 39.9. The van der Waals surface area contributed by atoms with Crippen LogP contribution in [0.3, 0.4) is 0 Å². The SMILES string of the molecule is NC(CC(=O)N1Cc2c(C(=O)OCCCCCN3CCOCC3)nc(C(F)(F)F)n2[C@H](CCCCN2CCOCC2)C1)Cc1cc(F)c(F)cc1F. The molecule has 0 radical (unpaired) electrons. The Hall–Kier alpha value is -3.25. The van der Waals surface area contributed by atoms with Gasteiger partial charge < -0.3 is 29.4 Å². The highest BCUT2D eigenvalue weighted by Crippen LogP contribution is 2.38. The molecule has 0 bridgehead atoms. The third kappa shape index (κ3) is 10.9. The van der Waals surface area contributed by atoms with Gasteiger partial charge in [0, 0.05) is 51.3 Å². The van der Waals surface area contributed by atoms with Crippen LogP contribution in [-0.4, -0.2) is 121 Å². The second-order valence-corrected chi connectivity index (χ2v) is 13.7. The molecular formula is C35H48F6N6O5. The molecule has 1 amide bonds. The van der Waals surface area contributed by atoms with Crippen LogP contribution in [-0.2, 0) is 38.1 Å². The summed E-state index contributed by atoms with van der Waals surface area (Å²) < 4.78 is 102. The summed E-state index contributed by atoms with van der Waals surface area (Å²) in [7, 11) is 0. The van der Waals surface area contributed by atoms with E-state index in [4.69, 9.17) is 19.9 Å². The van der Waals surface area contributed by atoms with Gasteiger partial charge in [0.2, 0.25) is 11.7 Å². The maximum Gasteiger partial charge on any atom is 0.449 e. The van der Waals surface area contributed by atoms with Crippen molar-refractivity contribution in [1.82, 2.24) is 24.3 Å². The second-order valence-electron chi connectivity index (χ2n) is 13.7. The average Bonchev–Trinajstić information content (AvgIpc) is 3.52. The summed E-state index contributed by atoms with van der Waals surface area (Å²) >= 11 is 0. The molecule has 1 aromatic carbocycles. The number of imidazole rings is 1. The Labute approximate surface area is 299 Å². The van der Waals surface area contributed by atoms with Gasteiger partial charge in [0.25, 0.3) is 0 Å². The topological polar surface area (TPSA) is 115 Å². The number of ether oxygens (including phenoxy) is 3. The summed E-state index contributed by atoms with van der Waals surface area (Å²) in [4.78, 5) is 36.5. The Morgan fingerprint density at radius 2 is 1.50 bits per heavy atom. The molecular weight excluding hydrogens is 698 g/mol. The van der Waals surface area contributed by atoms with Crippen molar-refractivity contribution in [3.63, 3.8) is 0 Å². The highest BCUT2D eigenvalue weighted by Gasteiger charge is 2.44. The van der Waals surface area contributed by atoms with Crippen molar-refractivity contribution in [2.45, 2.75) is 76.2 Å². The van der Waals surface area contributed by atoms with Crippen molar-refractivity contribution in [3.8, 4) is 0 Å². The van der Waals surface area contributed by atoms with Crippen molar-refractivity contribution in [3.05, 3.63) is 52.4 Å². The van der Waals surface area contributed by atoms with Crippen LogP contribution in [0.25, 0.3) is 0 Å². The number of carbonyl (C=O) groups is 2. The number of carbonyl (C=O) groups excluding carboxylic acids is 2. The van der Waals surface area contributed by atoms with E-state index in [0.717, 1.165) is 56.7 Å². The maximum atomic E-state index is 14.5. The van der Waals surface area contributed by atoms with Gasteiger partial charge in [-0.2, -0.15) is 13.2 Å². The normalized spacial score (nSPS) is 19.4. The number of halogens is 6. The first-order valence-electron chi connectivity index (χ1n) is 18.0. The van der Waals surface area contributed by atoms with E-state index in [2.05, 4.69) is 14.8 Å². The number of rotatable bonds is 16. The minimum atomic E-state index is -4.89. The van der Waals surface area contributed by atoms with E-state index >= 15 is 0 Å². The molecule has 0 aliphatic carbocycles. The zero-order valence-corrected chi connectivity index (χ0v) is 29.3. The smallest absolute Gasteiger partial charge is 0.449 e. The number of hydrogen-bond donors (Lipinski definition) is 1. The van der Waals surface area contributed by atoms with Gasteiger partial charge in [0.05, 0.1) is 51.3 Å². The molecule has 3 aliphatic heterocycles. The number of aromatic nitrogens is 2. The third-order valence-electron chi connectivity index (χ3n) is 9.78. The van der Waals surface area contributed by atoms with Crippen molar-refractivity contribution in [1.29, 1.82) is 0 Å². The number of esters is 1. The predicted molar refractivity (Wildman–Crippen MR) is 177 cm³/mol. The molecule has 3 aliphatic rings. The standard InChI is InChI=1S/C35H48F6N6O5/c36-27-21-29(38)28(37)19-24(27)18-25(42)20-31(48)46-22-26(6-2-4-8-45-11-16-51-17-12-45)47-30(23-46)32(43-34(47)35(39,40)41)33(49)52-13-5-1-3-7-44-9-14-50-15-10-44/h19,21,25-26H,1-18,20,22-23,42H2/t25?,26-/m1/s1. The highest BCUT2D eigenvalue weighted by molar-refractivity contribution is 5.89. The molecule has 2 atom stereocenters. The molecule has 5 rings (SSSR count). The molecule has 0 spiro atoms. The van der Waals surface area contributed by atoms with Gasteiger partial charge in [0.1, 0.15) is 5.82 Å². The molecule has 2 N–H and O–H groups in total. The number of alkyl halides is 3. The molecule has 2 fully saturated rings. The van der Waals surface area contributed by atoms with Crippen LogP contribution in [0.2, 0.25) is 0 Å². The van der Waals surface area contributed by atoms with Gasteiger partial charge in [-0.05, 0) is 63.2 Å². The van der Waals surface area contributed by atoms with Crippen LogP contribution in [0.1, 0.15) is 78.6 Å². The number of unbranched alkanes of at least 4 members (excludes halogenated alkanes) is 3. The fourth-order valence-electron chi connectivity index (χ4n) is 7.01. The van der Waals surface area contributed by atoms with E-state index < -0.39 is 59.1 Å². The molecule has 17 heteroatoms. The van der Waals surface area contributed by atoms with Crippen molar-refractivity contribution in [2.75, 3.05) is 78.8 Å². The summed E-state index contributed by atoms with van der Waals surface area (Å²) in [6.07, 6.45) is -1.88. The number of amides is 1. The van der Waals surface area contributed by atoms with Gasteiger partial charge in [-0.25, -0.2) is 22.9 Å². The van der Waals surface area contributed by atoms with Crippen LogP contribution in [0.15, 0.2) is 12.1 Å². The lowest BCUT2D eigenvalue weighted by molar-refractivity contribution is -0.149. The second kappa shape index (κ2) is 18.7. The maximum absolute atomic E-state index is 14.5. The quantitative estimate of drug-likeness (QED) is 0.116. The first-order chi connectivity index (χ1) is 24.9. The van der Waals surface area contributed by atoms with Crippen molar-refractivity contribution >= 4 is 11.9 Å². The Morgan fingerprint density at radius 3 is 2.13 bits per heavy atom. The third-order valence-corrected chi connectivity index (χ3v) is 9.78. The fraction of sp³-hybridized carbons (Fsp3) is 0.686. The summed E-state index contributed by atoms with van der Waals surface area (Å²) in [6, 6.07) is -0.784. The lowest BCUT2D eigenvalue weighted by Crippen LogP contribution is -2.44. The van der Waals surface area contributed by atoms with Gasteiger partial charge in [-0.15, -0.1) is 0 Å². The van der Waals surface area contributed by atoms with Gasteiger partial charge in [-0.1, -0.05) is 6.42 Å². The molecule has 2 saturated heterocycles. The first-order valence-corrected chi connectivity index (χ1v) is 18.0. The number of nitrogens with zero attached hydrogens (tertiary/aromatic N) is 5. The number of nitrogens with two attached hydrogens (primary N) is 1. The molecule has 1 aromatic heterocycles. The summed E-state index contributed by atoms with van der Waals surface area (Å²) in [5.74, 6) is -6.41. The molecule has 11 nitrogen and oxygen atoms in total. The summed E-state index contributed by atoms with van der Waals surface area (Å²) in [5, 5.41) is 0. The zero-order valence-electron chi connectivity index (χ0n) is 29.3. The molecule has 0 saturated carbocycles. The summed E-state index contributed by atoms with van der Waals surface area (Å²) in [5.41, 5.74) is 5.36. The number of morpholine rings is 2. The average molecular weight is 747 g/mol. The predicted octanol–water partition coefficient (Wildman–Crippen LogP) is 4.32. The lowest BCUT2D eigenvalue weighted by atomic mass is 10.0. The van der Waals surface area contributed by atoms with Gasteiger partial charge >= 0.3 is 12.1 Å². The van der Waals surface area contributed by atoms with Crippen molar-refractivity contribution in [2.24, 2.45) is 5.73 Å². The van der Waals surface area contributed by atoms with E-state index in [-0.39, 0.29) is 50.2 Å². The van der Waals surface area contributed by atoms with E-state index in [9.17, 15) is 35.9 Å². The van der Waals surface area contributed by atoms with E-state index in [1.807, 2.05) is 0 Å². The Bertz CT molecular complexity index is 1500. The van der Waals surface area contributed by atoms with Crippen LogP contribution in [0.5, 0.6) is 0 Å². The minimum Gasteiger partial charge on any atom is -0.461 e. The van der Waals surface area contributed by atoms with Crippen LogP contribution in [0, 0.1) is 17.5 Å². The fourth-order valence-corrected chi connectivity index (χ4v) is 7.01. The molecule has 290 valence electrons. The van der Waals surface area contributed by atoms with E-state index in [1.54, 1.807) is 0 Å². The molecule has 52 heavy (non-hydrogen) atoms. The van der Waals surface area contributed by atoms with Crippen LogP contribution >= 0.6 is 0 Å².